The molecule has 1 atom stereocenters. The van der Waals surface area contributed by atoms with E-state index in [1.807, 2.05) is 0 Å². The molecule has 0 aromatic rings. The summed E-state index contributed by atoms with van der Waals surface area (Å²) in [4.78, 5) is 18.3. The second-order valence-corrected chi connectivity index (χ2v) is 5.52. The van der Waals surface area contributed by atoms with E-state index in [-0.39, 0.29) is 11.9 Å². The maximum Gasteiger partial charge on any atom is 0.401 e. The van der Waals surface area contributed by atoms with Crippen LogP contribution in [-0.2, 0) is 4.79 Å². The molecule has 1 rings (SSSR count). The number of alkyl halides is 3. The number of carbonyl (C=O) groups is 1. The molecule has 0 aromatic carbocycles. The van der Waals surface area contributed by atoms with Crippen LogP contribution in [0.3, 0.4) is 0 Å². The van der Waals surface area contributed by atoms with Gasteiger partial charge in [-0.2, -0.15) is 13.2 Å². The maximum absolute atomic E-state index is 12.3. The van der Waals surface area contributed by atoms with E-state index in [0.29, 0.717) is 38.4 Å². The monoisotopic (exact) mass is 323 g/mol. The highest BCUT2D eigenvalue weighted by molar-refractivity contribution is 5.81. The largest absolute Gasteiger partial charge is 0.401 e. The Bertz CT molecular complexity index is 398. The third kappa shape index (κ3) is 6.97. The molecular formula is C13H24F3N5O. The van der Waals surface area contributed by atoms with Crippen LogP contribution in [0.25, 0.3) is 0 Å². The van der Waals surface area contributed by atoms with Gasteiger partial charge in [-0.3, -0.25) is 14.7 Å². The van der Waals surface area contributed by atoms with E-state index in [2.05, 4.69) is 15.6 Å². The second-order valence-electron chi connectivity index (χ2n) is 5.52. The first-order valence-corrected chi connectivity index (χ1v) is 7.17. The average molecular weight is 323 g/mol. The Kier molecular flexibility index (Phi) is 6.92. The van der Waals surface area contributed by atoms with Crippen LogP contribution in [0.15, 0.2) is 4.99 Å². The number of hydrogen-bond acceptors (Lipinski definition) is 3. The highest BCUT2D eigenvalue weighted by Gasteiger charge is 2.34. The summed E-state index contributed by atoms with van der Waals surface area (Å²) in [5, 5.41) is 6.09. The Morgan fingerprint density at radius 3 is 2.64 bits per heavy atom. The third-order valence-corrected chi connectivity index (χ3v) is 3.37. The molecule has 1 saturated heterocycles. The van der Waals surface area contributed by atoms with E-state index in [9.17, 15) is 18.0 Å². The molecule has 0 aromatic heterocycles. The Balaban J connectivity index is 2.31. The van der Waals surface area contributed by atoms with Crippen LogP contribution in [-0.4, -0.2) is 81.2 Å². The van der Waals surface area contributed by atoms with Crippen molar-refractivity contribution >= 4 is 11.9 Å². The van der Waals surface area contributed by atoms with E-state index in [0.717, 1.165) is 0 Å². The summed E-state index contributed by atoms with van der Waals surface area (Å²) in [6, 6.07) is -0.0712. The summed E-state index contributed by atoms with van der Waals surface area (Å²) >= 11 is 0. The van der Waals surface area contributed by atoms with Crippen LogP contribution in [0.1, 0.15) is 12.8 Å². The minimum atomic E-state index is -4.17. The van der Waals surface area contributed by atoms with Gasteiger partial charge in [0, 0.05) is 53.2 Å². The number of guanidine groups is 1. The van der Waals surface area contributed by atoms with Crippen molar-refractivity contribution in [3.63, 3.8) is 0 Å². The lowest BCUT2D eigenvalue weighted by atomic mass is 10.3. The van der Waals surface area contributed by atoms with Gasteiger partial charge in [-0.15, -0.1) is 0 Å². The highest BCUT2D eigenvalue weighted by Crippen LogP contribution is 2.19. The van der Waals surface area contributed by atoms with Crippen molar-refractivity contribution < 1.29 is 18.0 Å². The number of hydrogen-bond donors (Lipinski definition) is 2. The van der Waals surface area contributed by atoms with Gasteiger partial charge >= 0.3 is 6.18 Å². The number of halogens is 3. The van der Waals surface area contributed by atoms with Crippen molar-refractivity contribution in [3.05, 3.63) is 0 Å². The summed E-state index contributed by atoms with van der Waals surface area (Å²) in [7, 11) is 4.96. The minimum Gasteiger partial charge on any atom is -0.356 e. The zero-order chi connectivity index (χ0) is 16.8. The lowest BCUT2D eigenvalue weighted by Gasteiger charge is -2.20. The molecule has 9 heteroatoms. The van der Waals surface area contributed by atoms with Crippen LogP contribution in [0, 0.1) is 0 Å². The molecule has 128 valence electrons. The molecule has 0 radical (unpaired) electrons. The fourth-order valence-electron chi connectivity index (χ4n) is 2.25. The Hall–Kier alpha value is -1.51. The molecular weight excluding hydrogens is 299 g/mol. The van der Waals surface area contributed by atoms with Gasteiger partial charge in [-0.1, -0.05) is 0 Å². The van der Waals surface area contributed by atoms with Crippen molar-refractivity contribution in [2.45, 2.75) is 25.1 Å². The second kappa shape index (κ2) is 8.21. The van der Waals surface area contributed by atoms with Gasteiger partial charge in [0.25, 0.3) is 0 Å². The number of amides is 1. The lowest BCUT2D eigenvalue weighted by molar-refractivity contribution is -0.143. The topological polar surface area (TPSA) is 60.0 Å². The molecule has 0 bridgehead atoms. The van der Waals surface area contributed by atoms with Crippen molar-refractivity contribution in [2.75, 3.05) is 47.3 Å². The number of nitrogens with one attached hydrogen (secondary N) is 2. The van der Waals surface area contributed by atoms with Gasteiger partial charge in [-0.05, 0) is 6.42 Å². The van der Waals surface area contributed by atoms with E-state index in [4.69, 9.17) is 0 Å². The molecule has 2 N–H and O–H groups in total. The molecule has 0 saturated carbocycles. The molecule has 0 spiro atoms. The molecule has 1 fully saturated rings. The lowest BCUT2D eigenvalue weighted by Crippen LogP contribution is -2.45. The quantitative estimate of drug-likeness (QED) is 0.563. The molecule has 1 aliphatic rings. The first kappa shape index (κ1) is 18.5. The van der Waals surface area contributed by atoms with Crippen LogP contribution < -0.4 is 10.6 Å². The third-order valence-electron chi connectivity index (χ3n) is 3.37. The SMILES string of the molecule is CN=C(NCCC(=O)N(C)C)NC1CCN(CC(F)(F)F)C1. The van der Waals surface area contributed by atoms with Gasteiger partial charge in [0.05, 0.1) is 6.54 Å². The number of nitrogens with zero attached hydrogens (tertiary/aromatic N) is 3. The van der Waals surface area contributed by atoms with Crippen LogP contribution >= 0.6 is 0 Å². The standard InChI is InChI=1S/C13H24F3N5O/c1-17-12(18-6-4-11(22)20(2)3)19-10-5-7-21(8-10)9-13(14,15)16/h10H,4-9H2,1-3H3,(H2,17,18,19). The Morgan fingerprint density at radius 1 is 1.41 bits per heavy atom. The van der Waals surface area contributed by atoms with Gasteiger partial charge in [0.2, 0.25) is 5.91 Å². The summed E-state index contributed by atoms with van der Waals surface area (Å²) in [6.45, 7) is 0.286. The summed E-state index contributed by atoms with van der Waals surface area (Å²) in [6.07, 6.45) is -3.20. The van der Waals surface area contributed by atoms with Gasteiger partial charge in [0.1, 0.15) is 0 Å². The molecule has 1 aliphatic heterocycles. The zero-order valence-corrected chi connectivity index (χ0v) is 13.2. The maximum atomic E-state index is 12.3. The molecule has 1 unspecified atom stereocenters. The summed E-state index contributed by atoms with van der Waals surface area (Å²) < 4.78 is 37.0. The highest BCUT2D eigenvalue weighted by atomic mass is 19.4. The zero-order valence-electron chi connectivity index (χ0n) is 13.2. The van der Waals surface area contributed by atoms with Crippen LogP contribution in [0.2, 0.25) is 0 Å². The predicted molar refractivity (Wildman–Crippen MR) is 78.7 cm³/mol. The number of aliphatic imine (C=N–C) groups is 1. The molecule has 1 heterocycles. The van der Waals surface area contributed by atoms with Crippen LogP contribution in [0.5, 0.6) is 0 Å². The van der Waals surface area contributed by atoms with Crippen molar-refractivity contribution in [2.24, 2.45) is 4.99 Å². The number of likely N-dealkylation sites (tertiary alicyclic amines) is 1. The van der Waals surface area contributed by atoms with Crippen molar-refractivity contribution in [1.82, 2.24) is 20.4 Å². The molecule has 22 heavy (non-hydrogen) atoms. The smallest absolute Gasteiger partial charge is 0.356 e. The summed E-state index contributed by atoms with van der Waals surface area (Å²) in [5.74, 6) is 0.505. The van der Waals surface area contributed by atoms with Crippen LogP contribution in [0.4, 0.5) is 13.2 Å². The normalized spacial score (nSPS) is 20.1. The fourth-order valence-corrected chi connectivity index (χ4v) is 2.25. The molecule has 1 amide bonds. The van der Waals surface area contributed by atoms with Crippen molar-refractivity contribution in [3.8, 4) is 0 Å². The minimum absolute atomic E-state index is 0.000159. The van der Waals surface area contributed by atoms with E-state index >= 15 is 0 Å². The number of carbonyl (C=O) groups excluding carboxylic acids is 1. The van der Waals surface area contributed by atoms with Gasteiger partial charge in [0.15, 0.2) is 5.96 Å². The number of rotatable bonds is 5. The van der Waals surface area contributed by atoms with Gasteiger partial charge < -0.3 is 15.5 Å². The van der Waals surface area contributed by atoms with E-state index in [1.165, 1.54) is 9.80 Å². The molecule has 0 aliphatic carbocycles. The molecule has 6 nitrogen and oxygen atoms in total. The first-order valence-electron chi connectivity index (χ1n) is 7.17. The van der Waals surface area contributed by atoms with Gasteiger partial charge in [-0.25, -0.2) is 0 Å². The van der Waals surface area contributed by atoms with Crippen molar-refractivity contribution in [1.29, 1.82) is 0 Å². The Morgan fingerprint density at radius 2 is 2.09 bits per heavy atom. The predicted octanol–water partition coefficient (Wildman–Crippen LogP) is 0.266. The summed E-state index contributed by atoms with van der Waals surface area (Å²) in [5.41, 5.74) is 0. The van der Waals surface area contributed by atoms with E-state index < -0.39 is 12.7 Å². The average Bonchev–Trinajstić information content (AvgIpc) is 2.82. The fraction of sp³-hybridized carbons (Fsp3) is 0.846. The van der Waals surface area contributed by atoms with E-state index in [1.54, 1.807) is 21.1 Å². The first-order chi connectivity index (χ1) is 10.2. The Labute approximate surface area is 128 Å².